The van der Waals surface area contributed by atoms with Crippen molar-refractivity contribution >= 4 is 30.4 Å². The predicted octanol–water partition coefficient (Wildman–Crippen LogP) is 5.59. The summed E-state index contributed by atoms with van der Waals surface area (Å²) in [5, 5.41) is 2.83. The van der Waals surface area contributed by atoms with E-state index in [1.54, 1.807) is 38.1 Å². The van der Waals surface area contributed by atoms with E-state index in [4.69, 9.17) is 10.5 Å². The predicted molar refractivity (Wildman–Crippen MR) is 119 cm³/mol. The maximum Gasteiger partial charge on any atom is 0.193 e. The normalized spacial score (nSPS) is 12.2. The number of rotatable bonds is 8. The summed E-state index contributed by atoms with van der Waals surface area (Å²) in [4.78, 5) is 7.97. The van der Waals surface area contributed by atoms with Crippen LogP contribution < -0.4 is 15.8 Å². The first-order valence-electron chi connectivity index (χ1n) is 8.75. The van der Waals surface area contributed by atoms with Crippen molar-refractivity contribution in [1.82, 2.24) is 0 Å². The van der Waals surface area contributed by atoms with Gasteiger partial charge >= 0.3 is 0 Å². The highest BCUT2D eigenvalue weighted by Crippen LogP contribution is 2.40. The Morgan fingerprint density at radius 2 is 1.97 bits per heavy atom. The summed E-state index contributed by atoms with van der Waals surface area (Å²) < 4.78 is 43.4. The molecule has 0 aliphatic carbocycles. The second-order valence-electron chi connectivity index (χ2n) is 6.15. The molecule has 30 heavy (non-hydrogen) atoms. The Hall–Kier alpha value is -3.17. The number of ether oxygens (including phenoxy) is 1. The molecule has 0 aliphatic heterocycles. The molecule has 9 heteroatoms. The number of aliphatic imine (C=N–C) groups is 2. The third kappa shape index (κ3) is 5.46. The van der Waals surface area contributed by atoms with E-state index in [9.17, 15) is 13.3 Å². The number of guanidine groups is 1. The monoisotopic (exact) mass is 432 g/mol. The summed E-state index contributed by atoms with van der Waals surface area (Å²) in [6, 6.07) is 7.94. The minimum Gasteiger partial charge on any atom is -0.451 e. The van der Waals surface area contributed by atoms with Gasteiger partial charge in [0.2, 0.25) is 0 Å². The summed E-state index contributed by atoms with van der Waals surface area (Å²) >= 11 is 0.459. The zero-order valence-electron chi connectivity index (χ0n) is 16.6. The lowest BCUT2D eigenvalue weighted by Gasteiger charge is -2.18. The first-order valence-corrected chi connectivity index (χ1v) is 9.52. The van der Waals surface area contributed by atoms with Crippen LogP contribution in [0.25, 0.3) is 0 Å². The Morgan fingerprint density at radius 1 is 1.27 bits per heavy atom. The van der Waals surface area contributed by atoms with Crippen LogP contribution in [0.4, 0.5) is 14.5 Å². The van der Waals surface area contributed by atoms with Gasteiger partial charge in [-0.25, -0.2) is 13.8 Å². The van der Waals surface area contributed by atoms with Crippen LogP contribution >= 0.6 is 12.0 Å². The average Bonchev–Trinajstić information content (AvgIpc) is 2.72. The van der Waals surface area contributed by atoms with Crippen LogP contribution in [0.3, 0.4) is 0 Å². The Kier molecular flexibility index (Phi) is 8.14. The van der Waals surface area contributed by atoms with E-state index in [0.717, 1.165) is 6.08 Å². The number of anilines is 1. The van der Waals surface area contributed by atoms with Crippen molar-refractivity contribution in [3.05, 3.63) is 71.5 Å². The van der Waals surface area contributed by atoms with Crippen molar-refractivity contribution in [2.24, 2.45) is 15.7 Å². The van der Waals surface area contributed by atoms with Gasteiger partial charge in [-0.2, -0.15) is 0 Å². The summed E-state index contributed by atoms with van der Waals surface area (Å²) in [5.74, 6) is -0.980. The molecule has 158 valence electrons. The zero-order chi connectivity index (χ0) is 22.3. The van der Waals surface area contributed by atoms with Gasteiger partial charge in [0, 0.05) is 12.0 Å². The van der Waals surface area contributed by atoms with Crippen LogP contribution in [0, 0.1) is 19.7 Å². The lowest BCUT2D eigenvalue weighted by atomic mass is 10.1. The van der Waals surface area contributed by atoms with Crippen molar-refractivity contribution in [2.45, 2.75) is 18.7 Å². The lowest BCUT2D eigenvalue weighted by Crippen LogP contribution is -2.24. The minimum absolute atomic E-state index is 0.0331. The van der Waals surface area contributed by atoms with Crippen molar-refractivity contribution in [1.29, 1.82) is 0 Å². The average molecular weight is 432 g/mol. The fourth-order valence-corrected chi connectivity index (χ4v) is 2.85. The summed E-state index contributed by atoms with van der Waals surface area (Å²) in [6.45, 7) is 9.91. The number of aryl methyl sites for hydroxylation is 2. The molecule has 0 saturated heterocycles. The standard InChI is InChI=1S/C21H22F2N4O2S/c1-5-14(22)16(25-4)11-26-21(24)27-18-17(30-28)10-9-13(3)20(18)29-19-12(2)7-6-8-15(19)23/h5-10,28H,1,4,11H2,2-3H3,(H3,24,26,27)/b16-14+. The molecule has 0 aromatic heterocycles. The van der Waals surface area contributed by atoms with Crippen LogP contribution in [0.1, 0.15) is 11.1 Å². The molecule has 2 rings (SSSR count). The molecular weight excluding hydrogens is 410 g/mol. The number of benzene rings is 2. The van der Waals surface area contributed by atoms with Crippen LogP contribution in [-0.4, -0.2) is 23.8 Å². The number of nitrogens with zero attached hydrogens (tertiary/aromatic N) is 2. The molecule has 0 aliphatic rings. The topological polar surface area (TPSA) is 92.2 Å². The number of nitrogens with one attached hydrogen (secondary N) is 1. The molecule has 0 heterocycles. The van der Waals surface area contributed by atoms with Gasteiger partial charge in [-0.1, -0.05) is 24.8 Å². The fourth-order valence-electron chi connectivity index (χ4n) is 2.49. The molecule has 0 radical (unpaired) electrons. The van der Waals surface area contributed by atoms with Crippen molar-refractivity contribution in [3.8, 4) is 11.5 Å². The number of para-hydroxylation sites is 1. The molecule has 0 unspecified atom stereocenters. The molecule has 4 N–H and O–H groups in total. The van der Waals surface area contributed by atoms with Crippen molar-refractivity contribution in [3.63, 3.8) is 0 Å². The van der Waals surface area contributed by atoms with Gasteiger partial charge in [0.05, 0.1) is 17.1 Å². The lowest BCUT2D eigenvalue weighted by molar-refractivity contribution is 0.437. The van der Waals surface area contributed by atoms with Gasteiger partial charge < -0.3 is 20.3 Å². The minimum atomic E-state index is -0.664. The molecule has 6 nitrogen and oxygen atoms in total. The molecule has 0 spiro atoms. The molecule has 0 amide bonds. The summed E-state index contributed by atoms with van der Waals surface area (Å²) in [6.07, 6.45) is 0.993. The van der Waals surface area contributed by atoms with Gasteiger partial charge in [0.25, 0.3) is 0 Å². The van der Waals surface area contributed by atoms with E-state index in [1.165, 1.54) is 6.07 Å². The van der Waals surface area contributed by atoms with E-state index in [-0.39, 0.29) is 35.4 Å². The Bertz CT molecular complexity index is 1000. The van der Waals surface area contributed by atoms with Crippen molar-refractivity contribution < 1.29 is 18.1 Å². The number of hydrogen-bond acceptors (Lipinski definition) is 5. The van der Waals surface area contributed by atoms with Crippen LogP contribution in [0.5, 0.6) is 11.5 Å². The molecule has 0 saturated carbocycles. The molecular formula is C21H22F2N4O2S. The summed E-state index contributed by atoms with van der Waals surface area (Å²) in [7, 11) is 0. The van der Waals surface area contributed by atoms with Crippen LogP contribution in [0.2, 0.25) is 0 Å². The molecule has 0 atom stereocenters. The van der Waals surface area contributed by atoms with Gasteiger partial charge in [-0.05, 0) is 49.9 Å². The van der Waals surface area contributed by atoms with Gasteiger partial charge in [-0.3, -0.25) is 4.99 Å². The molecule has 2 aromatic carbocycles. The highest BCUT2D eigenvalue weighted by Gasteiger charge is 2.18. The van der Waals surface area contributed by atoms with E-state index in [0.29, 0.717) is 28.1 Å². The number of nitrogens with two attached hydrogens (primary N) is 1. The first kappa shape index (κ1) is 23.1. The fraction of sp³-hybridized carbons (Fsp3) is 0.143. The second kappa shape index (κ2) is 10.6. The van der Waals surface area contributed by atoms with Gasteiger partial charge in [0.15, 0.2) is 23.3 Å². The highest BCUT2D eigenvalue weighted by molar-refractivity contribution is 7.94. The van der Waals surface area contributed by atoms with Crippen LogP contribution in [-0.2, 0) is 0 Å². The SMILES string of the molecule is C=C/C(F)=C(/CN=C(N)Nc1c(SO)ccc(C)c1Oc1c(C)cccc1F)N=C. The Labute approximate surface area is 178 Å². The maximum atomic E-state index is 14.3. The van der Waals surface area contributed by atoms with Gasteiger partial charge in [-0.15, -0.1) is 0 Å². The van der Waals surface area contributed by atoms with Gasteiger partial charge in [0.1, 0.15) is 11.5 Å². The largest absolute Gasteiger partial charge is 0.451 e. The zero-order valence-corrected chi connectivity index (χ0v) is 17.4. The first-order chi connectivity index (χ1) is 14.3. The molecule has 0 fully saturated rings. The van der Waals surface area contributed by atoms with E-state index in [2.05, 4.69) is 28.6 Å². The number of halogens is 2. The van der Waals surface area contributed by atoms with Crippen LogP contribution in [0.15, 0.2) is 69.4 Å². The molecule has 0 bridgehead atoms. The van der Waals surface area contributed by atoms with E-state index < -0.39 is 11.6 Å². The third-order valence-electron chi connectivity index (χ3n) is 4.08. The number of hydrogen-bond donors (Lipinski definition) is 3. The highest BCUT2D eigenvalue weighted by atomic mass is 32.2. The quantitative estimate of drug-likeness (QED) is 0.219. The summed E-state index contributed by atoms with van der Waals surface area (Å²) in [5.41, 5.74) is 7.44. The Balaban J connectivity index is 2.44. The second-order valence-corrected chi connectivity index (χ2v) is 6.77. The smallest absolute Gasteiger partial charge is 0.193 e. The maximum absolute atomic E-state index is 14.3. The third-order valence-corrected chi connectivity index (χ3v) is 4.62. The molecule has 2 aromatic rings. The van der Waals surface area contributed by atoms with E-state index in [1.807, 2.05) is 0 Å². The Morgan fingerprint density at radius 3 is 2.57 bits per heavy atom. The van der Waals surface area contributed by atoms with E-state index >= 15 is 0 Å². The number of allylic oxidation sites excluding steroid dienone is 2. The van der Waals surface area contributed by atoms with Crippen molar-refractivity contribution in [2.75, 3.05) is 11.9 Å².